The summed E-state index contributed by atoms with van der Waals surface area (Å²) in [5, 5.41) is 29.7. The van der Waals surface area contributed by atoms with Crippen LogP contribution < -0.4 is 30.3 Å². The van der Waals surface area contributed by atoms with Crippen LogP contribution in [0.5, 0.6) is 17.2 Å². The summed E-state index contributed by atoms with van der Waals surface area (Å²) in [4.78, 5) is 24.6. The number of hydrogen-bond donors (Lipinski definition) is 4. The van der Waals surface area contributed by atoms with Gasteiger partial charge < -0.3 is 34.7 Å². The number of allylic oxidation sites excluding steroid dienone is 1. The number of rotatable bonds is 13. The maximum absolute atomic E-state index is 12.5. The normalized spacial score (nSPS) is 15.0. The zero-order valence-electron chi connectivity index (χ0n) is 24.8. The third kappa shape index (κ3) is 8.44. The molecule has 0 unspecified atom stereocenters. The van der Waals surface area contributed by atoms with E-state index in [1.165, 1.54) is 13.3 Å². The Kier molecular flexibility index (Phi) is 11.2. The molecular formula is C32H32ClN5O7. The van der Waals surface area contributed by atoms with Gasteiger partial charge in [0.05, 0.1) is 43.2 Å². The summed E-state index contributed by atoms with van der Waals surface area (Å²) in [6, 6.07) is 18.0. The van der Waals surface area contributed by atoms with E-state index >= 15 is 0 Å². The van der Waals surface area contributed by atoms with Gasteiger partial charge in [0.2, 0.25) is 0 Å². The molecule has 0 bridgehead atoms. The fourth-order valence-corrected chi connectivity index (χ4v) is 4.66. The van der Waals surface area contributed by atoms with Crippen LogP contribution in [-0.2, 0) is 16.1 Å². The Morgan fingerprint density at radius 2 is 1.91 bits per heavy atom. The first-order valence-electron chi connectivity index (χ1n) is 13.9. The summed E-state index contributed by atoms with van der Waals surface area (Å²) < 4.78 is 22.4. The van der Waals surface area contributed by atoms with E-state index in [2.05, 4.69) is 27.2 Å². The highest BCUT2D eigenvalue weighted by Crippen LogP contribution is 2.35. The van der Waals surface area contributed by atoms with Crippen molar-refractivity contribution in [2.24, 2.45) is 5.10 Å². The minimum absolute atomic E-state index is 0.168. The van der Waals surface area contributed by atoms with Crippen molar-refractivity contribution in [2.75, 3.05) is 20.3 Å². The molecule has 0 radical (unpaired) electrons. The van der Waals surface area contributed by atoms with Crippen molar-refractivity contribution in [2.45, 2.75) is 32.7 Å². The number of halogens is 1. The average molecular weight is 634 g/mol. The van der Waals surface area contributed by atoms with Crippen molar-refractivity contribution in [3.8, 4) is 23.3 Å². The number of nitriles is 1. The summed E-state index contributed by atoms with van der Waals surface area (Å²) in [6.45, 7) is 3.70. The number of carbonyl (C=O) groups excluding carboxylic acids is 2. The van der Waals surface area contributed by atoms with Gasteiger partial charge in [-0.25, -0.2) is 9.59 Å². The highest BCUT2D eigenvalue weighted by molar-refractivity contribution is 6.30. The van der Waals surface area contributed by atoms with Gasteiger partial charge in [-0.3, -0.25) is 5.43 Å². The van der Waals surface area contributed by atoms with Gasteiger partial charge in [0.1, 0.15) is 19.0 Å². The zero-order chi connectivity index (χ0) is 32.3. The van der Waals surface area contributed by atoms with Gasteiger partial charge in [0.15, 0.2) is 17.7 Å². The second-order valence-corrected chi connectivity index (χ2v) is 10.1. The van der Waals surface area contributed by atoms with Crippen LogP contribution >= 0.6 is 11.6 Å². The molecule has 4 N–H and O–H groups in total. The molecule has 0 spiro atoms. The SMILES string of the molecule is CCOc1cc([C@H]2NC(=O)NC(C)=C2C(=O)OC)ccc1OC[C@H](O)N/N=C/c1cc(Cl)ccc1OCc1ccccc1C#N. The average Bonchev–Trinajstić information content (AvgIpc) is 3.03. The molecule has 1 aliphatic heterocycles. The van der Waals surface area contributed by atoms with Crippen molar-refractivity contribution >= 4 is 29.8 Å². The number of amides is 2. The number of hydrogen-bond acceptors (Lipinski definition) is 10. The Bertz CT molecular complexity index is 1650. The monoisotopic (exact) mass is 633 g/mol. The number of hydrazone groups is 1. The second-order valence-electron chi connectivity index (χ2n) is 9.65. The molecule has 4 rings (SSSR count). The molecule has 1 heterocycles. The molecule has 1 aliphatic rings. The Balaban J connectivity index is 1.41. The Labute approximate surface area is 265 Å². The molecule has 45 heavy (non-hydrogen) atoms. The highest BCUT2D eigenvalue weighted by Gasteiger charge is 2.32. The van der Waals surface area contributed by atoms with E-state index in [1.807, 2.05) is 12.1 Å². The van der Waals surface area contributed by atoms with Crippen LogP contribution in [0.2, 0.25) is 5.02 Å². The number of methoxy groups -OCH3 is 1. The van der Waals surface area contributed by atoms with E-state index in [9.17, 15) is 20.0 Å². The van der Waals surface area contributed by atoms with Crippen LogP contribution in [-0.4, -0.2) is 49.9 Å². The lowest BCUT2D eigenvalue weighted by molar-refractivity contribution is -0.136. The minimum atomic E-state index is -1.21. The summed E-state index contributed by atoms with van der Waals surface area (Å²) in [6.07, 6.45) is 0.240. The van der Waals surface area contributed by atoms with Crippen LogP contribution in [0, 0.1) is 11.3 Å². The molecule has 12 nitrogen and oxygen atoms in total. The Morgan fingerprint density at radius 1 is 1.13 bits per heavy atom. The lowest BCUT2D eigenvalue weighted by atomic mass is 9.95. The van der Waals surface area contributed by atoms with Gasteiger partial charge in [0, 0.05) is 21.8 Å². The molecule has 2 amide bonds. The molecule has 3 aromatic carbocycles. The van der Waals surface area contributed by atoms with E-state index in [-0.39, 0.29) is 18.8 Å². The highest BCUT2D eigenvalue weighted by atomic mass is 35.5. The van der Waals surface area contributed by atoms with E-state index in [0.29, 0.717) is 51.3 Å². The summed E-state index contributed by atoms with van der Waals surface area (Å²) in [5.41, 5.74) is 5.60. The van der Waals surface area contributed by atoms with Crippen LogP contribution in [0.15, 0.2) is 77.0 Å². The van der Waals surface area contributed by atoms with Crippen molar-refractivity contribution < 1.29 is 33.6 Å². The number of aliphatic hydroxyl groups excluding tert-OH is 1. The molecule has 13 heteroatoms. The summed E-state index contributed by atoms with van der Waals surface area (Å²) in [5.74, 6) is 0.572. The predicted octanol–water partition coefficient (Wildman–Crippen LogP) is 4.31. The Hall–Kier alpha value is -5.25. The number of nitrogens with zero attached hydrogens (tertiary/aromatic N) is 2. The van der Waals surface area contributed by atoms with Crippen molar-refractivity contribution in [3.05, 3.63) is 99.2 Å². The molecule has 0 fully saturated rings. The van der Waals surface area contributed by atoms with Crippen LogP contribution in [0.1, 0.15) is 42.1 Å². The maximum atomic E-state index is 12.5. The third-order valence-electron chi connectivity index (χ3n) is 6.59. The van der Waals surface area contributed by atoms with Gasteiger partial charge >= 0.3 is 12.0 Å². The molecule has 0 aliphatic carbocycles. The molecule has 0 saturated carbocycles. The minimum Gasteiger partial charge on any atom is -0.490 e. The Morgan fingerprint density at radius 3 is 2.67 bits per heavy atom. The van der Waals surface area contributed by atoms with Gasteiger partial charge in [-0.1, -0.05) is 35.9 Å². The number of urea groups is 1. The number of benzene rings is 3. The first-order valence-corrected chi connectivity index (χ1v) is 14.2. The van der Waals surface area contributed by atoms with Gasteiger partial charge in [-0.05, 0) is 55.8 Å². The predicted molar refractivity (Wildman–Crippen MR) is 166 cm³/mol. The van der Waals surface area contributed by atoms with Crippen LogP contribution in [0.25, 0.3) is 0 Å². The van der Waals surface area contributed by atoms with E-state index in [1.54, 1.807) is 62.4 Å². The summed E-state index contributed by atoms with van der Waals surface area (Å²) in [7, 11) is 1.27. The van der Waals surface area contributed by atoms with Crippen LogP contribution in [0.3, 0.4) is 0 Å². The van der Waals surface area contributed by atoms with E-state index in [0.717, 1.165) is 5.56 Å². The summed E-state index contributed by atoms with van der Waals surface area (Å²) >= 11 is 6.18. The van der Waals surface area contributed by atoms with E-state index < -0.39 is 24.3 Å². The first-order chi connectivity index (χ1) is 21.7. The van der Waals surface area contributed by atoms with Gasteiger partial charge in [-0.15, -0.1) is 0 Å². The molecule has 2 atom stereocenters. The maximum Gasteiger partial charge on any atom is 0.337 e. The molecule has 234 valence electrons. The van der Waals surface area contributed by atoms with Gasteiger partial charge in [0.25, 0.3) is 0 Å². The van der Waals surface area contributed by atoms with Crippen LogP contribution in [0.4, 0.5) is 4.79 Å². The lowest BCUT2D eigenvalue weighted by Crippen LogP contribution is -2.45. The molecule has 0 aromatic heterocycles. The zero-order valence-corrected chi connectivity index (χ0v) is 25.6. The van der Waals surface area contributed by atoms with Crippen molar-refractivity contribution in [3.63, 3.8) is 0 Å². The fourth-order valence-electron chi connectivity index (χ4n) is 4.48. The standard InChI is InChI=1S/C32H32ClN5O7/c1-4-43-27-14-20(30-29(31(40)42-3)19(2)36-32(41)37-30)9-11-26(27)45-18-28(39)38-35-16-23-13-24(33)10-12-25(23)44-17-22-8-6-5-7-21(22)15-34/h5-14,16,28,30,38-39H,4,17-18H2,1-3H3,(H2,36,37,41)/b35-16+/t28-,30+/m0/s1. The third-order valence-corrected chi connectivity index (χ3v) is 6.83. The number of esters is 1. The number of nitrogens with one attached hydrogen (secondary N) is 3. The number of carbonyl (C=O) groups is 2. The quantitative estimate of drug-likeness (QED) is 0.0929. The lowest BCUT2D eigenvalue weighted by Gasteiger charge is -2.28. The largest absolute Gasteiger partial charge is 0.490 e. The molecule has 0 saturated heterocycles. The molecule has 3 aromatic rings. The second kappa shape index (κ2) is 15.5. The van der Waals surface area contributed by atoms with Gasteiger partial charge in [-0.2, -0.15) is 10.4 Å². The number of aliphatic hydroxyl groups is 1. The number of ether oxygens (including phenoxy) is 4. The van der Waals surface area contributed by atoms with Crippen molar-refractivity contribution in [1.29, 1.82) is 5.26 Å². The first kappa shape index (κ1) is 32.7. The van der Waals surface area contributed by atoms with Crippen molar-refractivity contribution in [1.82, 2.24) is 16.1 Å². The fraction of sp³-hybridized carbons (Fsp3) is 0.250. The van der Waals surface area contributed by atoms with E-state index in [4.69, 9.17) is 30.5 Å². The topological polar surface area (TPSA) is 164 Å². The smallest absolute Gasteiger partial charge is 0.337 e. The molecular weight excluding hydrogens is 602 g/mol.